The van der Waals surface area contributed by atoms with Gasteiger partial charge >= 0.3 is 6.09 Å². The van der Waals surface area contributed by atoms with Gasteiger partial charge in [0.1, 0.15) is 18.0 Å². The summed E-state index contributed by atoms with van der Waals surface area (Å²) in [7, 11) is 0. The molecule has 0 aromatic heterocycles. The second kappa shape index (κ2) is 10.4. The summed E-state index contributed by atoms with van der Waals surface area (Å²) in [5.41, 5.74) is 2.25. The van der Waals surface area contributed by atoms with Gasteiger partial charge in [-0.1, -0.05) is 49.1 Å². The van der Waals surface area contributed by atoms with Gasteiger partial charge in [0.2, 0.25) is 5.91 Å². The zero-order valence-corrected chi connectivity index (χ0v) is 19.1. The minimum Gasteiger partial charge on any atom is -0.489 e. The lowest BCUT2D eigenvalue weighted by Crippen LogP contribution is -2.40. The van der Waals surface area contributed by atoms with Crippen molar-refractivity contribution in [1.29, 1.82) is 0 Å². The van der Waals surface area contributed by atoms with E-state index in [0.717, 1.165) is 16.7 Å². The molecule has 0 spiro atoms. The van der Waals surface area contributed by atoms with Crippen LogP contribution in [0.1, 0.15) is 43.9 Å². The van der Waals surface area contributed by atoms with Crippen LogP contribution in [0.2, 0.25) is 0 Å². The number of nitrogens with zero attached hydrogens (tertiary/aromatic N) is 1. The average Bonchev–Trinajstić information content (AvgIpc) is 3.21. The first-order valence-corrected chi connectivity index (χ1v) is 10.9. The predicted molar refractivity (Wildman–Crippen MR) is 125 cm³/mol. The molecule has 1 atom stereocenters. The quantitative estimate of drug-likeness (QED) is 0.690. The van der Waals surface area contributed by atoms with Gasteiger partial charge in [0, 0.05) is 24.7 Å². The number of carbonyl (C=O) groups is 2. The zero-order valence-electron chi connectivity index (χ0n) is 19.1. The summed E-state index contributed by atoms with van der Waals surface area (Å²) in [5.74, 6) is 0.572. The molecule has 0 radical (unpaired) electrons. The molecule has 1 aliphatic rings. The minimum atomic E-state index is -0.537. The van der Waals surface area contributed by atoms with Gasteiger partial charge in [0.25, 0.3) is 0 Å². The van der Waals surface area contributed by atoms with E-state index in [2.05, 4.69) is 11.9 Å². The van der Waals surface area contributed by atoms with Gasteiger partial charge in [-0.25, -0.2) is 4.79 Å². The van der Waals surface area contributed by atoms with Crippen LogP contribution in [-0.4, -0.2) is 41.6 Å². The van der Waals surface area contributed by atoms with Crippen molar-refractivity contribution in [3.63, 3.8) is 0 Å². The van der Waals surface area contributed by atoms with Gasteiger partial charge in [0.05, 0.1) is 6.42 Å². The maximum absolute atomic E-state index is 12.8. The molecule has 0 aliphatic carbocycles. The van der Waals surface area contributed by atoms with E-state index in [9.17, 15) is 9.59 Å². The van der Waals surface area contributed by atoms with Crippen LogP contribution in [0.25, 0.3) is 6.08 Å². The molecule has 0 bridgehead atoms. The van der Waals surface area contributed by atoms with E-state index in [0.29, 0.717) is 31.9 Å². The van der Waals surface area contributed by atoms with Crippen molar-refractivity contribution < 1.29 is 19.1 Å². The molecule has 1 fully saturated rings. The van der Waals surface area contributed by atoms with E-state index in [1.807, 2.05) is 69.3 Å². The molecule has 2 aromatic carbocycles. The Morgan fingerprint density at radius 1 is 1.19 bits per heavy atom. The SMILES string of the molecule is C=Cc1ccc(OCc2ccccc2)c(CC(=O)N[C@H]2CCN(C(=O)OC(C)(C)C)C2)c1. The lowest BCUT2D eigenvalue weighted by atomic mass is 10.1. The molecule has 170 valence electrons. The zero-order chi connectivity index (χ0) is 23.1. The highest BCUT2D eigenvalue weighted by atomic mass is 16.6. The number of amides is 2. The van der Waals surface area contributed by atoms with Crippen LogP contribution in [0.5, 0.6) is 5.75 Å². The van der Waals surface area contributed by atoms with Gasteiger partial charge < -0.3 is 19.7 Å². The molecule has 1 saturated heterocycles. The summed E-state index contributed by atoms with van der Waals surface area (Å²) in [6.45, 7) is 10.8. The molecular formula is C26H32N2O4. The Labute approximate surface area is 190 Å². The van der Waals surface area contributed by atoms with Crippen molar-refractivity contribution in [3.8, 4) is 5.75 Å². The third kappa shape index (κ3) is 6.87. The summed E-state index contributed by atoms with van der Waals surface area (Å²) in [6, 6.07) is 15.5. The van der Waals surface area contributed by atoms with Gasteiger partial charge in [-0.05, 0) is 50.5 Å². The first kappa shape index (κ1) is 23.4. The van der Waals surface area contributed by atoms with Gasteiger partial charge in [-0.2, -0.15) is 0 Å². The Morgan fingerprint density at radius 3 is 2.62 bits per heavy atom. The standard InChI is InChI=1S/C26H32N2O4/c1-5-19-11-12-23(31-18-20-9-7-6-8-10-20)21(15-19)16-24(29)27-22-13-14-28(17-22)25(30)32-26(2,3)4/h5-12,15,22H,1,13-14,16-18H2,2-4H3,(H,27,29)/t22-/m0/s1. The first-order valence-electron chi connectivity index (χ1n) is 10.9. The molecule has 6 heteroatoms. The van der Waals surface area contributed by atoms with Crippen LogP contribution in [0.3, 0.4) is 0 Å². The molecule has 6 nitrogen and oxygen atoms in total. The lowest BCUT2D eigenvalue weighted by Gasteiger charge is -2.24. The highest BCUT2D eigenvalue weighted by Crippen LogP contribution is 2.23. The Bertz CT molecular complexity index is 950. The monoisotopic (exact) mass is 436 g/mol. The van der Waals surface area contributed by atoms with Crippen molar-refractivity contribution in [2.75, 3.05) is 13.1 Å². The van der Waals surface area contributed by atoms with Crippen molar-refractivity contribution in [1.82, 2.24) is 10.2 Å². The first-order chi connectivity index (χ1) is 15.2. The third-order valence-corrected chi connectivity index (χ3v) is 5.11. The fraction of sp³-hybridized carbons (Fsp3) is 0.385. The normalized spacial score (nSPS) is 15.8. The van der Waals surface area contributed by atoms with E-state index >= 15 is 0 Å². The fourth-order valence-electron chi connectivity index (χ4n) is 3.56. The molecule has 32 heavy (non-hydrogen) atoms. The molecule has 0 unspecified atom stereocenters. The van der Waals surface area contributed by atoms with E-state index in [1.54, 1.807) is 11.0 Å². The molecule has 1 heterocycles. The van der Waals surface area contributed by atoms with Crippen molar-refractivity contribution in [2.24, 2.45) is 0 Å². The highest BCUT2D eigenvalue weighted by molar-refractivity contribution is 5.80. The minimum absolute atomic E-state index is 0.0914. The number of rotatable bonds is 7. The molecule has 1 aliphatic heterocycles. The summed E-state index contributed by atoms with van der Waals surface area (Å²) in [4.78, 5) is 26.7. The van der Waals surface area contributed by atoms with Gasteiger partial charge in [-0.3, -0.25) is 4.79 Å². The van der Waals surface area contributed by atoms with E-state index < -0.39 is 5.60 Å². The molecule has 1 N–H and O–H groups in total. The molecule has 3 rings (SSSR count). The van der Waals surface area contributed by atoms with Crippen LogP contribution in [0, 0.1) is 0 Å². The Hall–Kier alpha value is -3.28. The topological polar surface area (TPSA) is 67.9 Å². The van der Waals surface area contributed by atoms with Crippen LogP contribution < -0.4 is 10.1 Å². The number of benzene rings is 2. The summed E-state index contributed by atoms with van der Waals surface area (Å²) < 4.78 is 11.4. The maximum atomic E-state index is 12.8. The molecule has 2 aromatic rings. The lowest BCUT2D eigenvalue weighted by molar-refractivity contribution is -0.121. The van der Waals surface area contributed by atoms with Gasteiger partial charge in [0.15, 0.2) is 0 Å². The number of likely N-dealkylation sites (tertiary alicyclic amines) is 1. The fourth-order valence-corrected chi connectivity index (χ4v) is 3.56. The Kier molecular flexibility index (Phi) is 7.57. The second-order valence-electron chi connectivity index (χ2n) is 9.00. The number of nitrogens with one attached hydrogen (secondary N) is 1. The average molecular weight is 437 g/mol. The van der Waals surface area contributed by atoms with E-state index in [1.165, 1.54) is 0 Å². The second-order valence-corrected chi connectivity index (χ2v) is 9.00. The van der Waals surface area contributed by atoms with Crippen molar-refractivity contribution >= 4 is 18.1 Å². The smallest absolute Gasteiger partial charge is 0.410 e. The Balaban J connectivity index is 1.59. The van der Waals surface area contributed by atoms with E-state index in [4.69, 9.17) is 9.47 Å². The highest BCUT2D eigenvalue weighted by Gasteiger charge is 2.30. The summed E-state index contributed by atoms with van der Waals surface area (Å²) >= 11 is 0. The van der Waals surface area contributed by atoms with Crippen LogP contribution in [0.4, 0.5) is 4.79 Å². The molecular weight excluding hydrogens is 404 g/mol. The number of hydrogen-bond acceptors (Lipinski definition) is 4. The van der Waals surface area contributed by atoms with Crippen LogP contribution in [0.15, 0.2) is 55.1 Å². The van der Waals surface area contributed by atoms with Crippen LogP contribution in [-0.2, 0) is 22.6 Å². The van der Waals surface area contributed by atoms with Crippen LogP contribution >= 0.6 is 0 Å². The van der Waals surface area contributed by atoms with E-state index in [-0.39, 0.29) is 24.5 Å². The predicted octanol–water partition coefficient (Wildman–Crippen LogP) is 4.58. The largest absolute Gasteiger partial charge is 0.489 e. The number of ether oxygens (including phenoxy) is 2. The third-order valence-electron chi connectivity index (χ3n) is 5.11. The molecule has 2 amide bonds. The maximum Gasteiger partial charge on any atom is 0.410 e. The summed E-state index contributed by atoms with van der Waals surface area (Å²) in [6.07, 6.45) is 2.30. The molecule has 0 saturated carbocycles. The van der Waals surface area contributed by atoms with Crippen molar-refractivity contribution in [3.05, 3.63) is 71.8 Å². The van der Waals surface area contributed by atoms with Gasteiger partial charge in [-0.15, -0.1) is 0 Å². The van der Waals surface area contributed by atoms with Crippen molar-refractivity contribution in [2.45, 2.75) is 51.9 Å². The summed E-state index contributed by atoms with van der Waals surface area (Å²) in [5, 5.41) is 3.04. The number of carbonyl (C=O) groups excluding carboxylic acids is 2. The Morgan fingerprint density at radius 2 is 1.94 bits per heavy atom. The number of hydrogen-bond donors (Lipinski definition) is 1.